The highest BCUT2D eigenvalue weighted by atomic mass is 32.2. The first-order valence-electron chi connectivity index (χ1n) is 4.86. The van der Waals surface area contributed by atoms with Gasteiger partial charge in [-0.3, -0.25) is 0 Å². The maximum atomic E-state index is 11.0. The summed E-state index contributed by atoms with van der Waals surface area (Å²) in [5, 5.41) is 0. The van der Waals surface area contributed by atoms with Gasteiger partial charge in [0.1, 0.15) is 0 Å². The Morgan fingerprint density at radius 2 is 2.14 bits per heavy atom. The van der Waals surface area contributed by atoms with Crippen molar-refractivity contribution in [2.75, 3.05) is 6.61 Å². The molecule has 4 nitrogen and oxygen atoms in total. The van der Waals surface area contributed by atoms with Gasteiger partial charge in [-0.05, 0) is 33.1 Å². The molecule has 2 fully saturated rings. The Bertz CT molecular complexity index is 260. The number of ether oxygens (including phenoxy) is 2. The highest BCUT2D eigenvalue weighted by molar-refractivity contribution is 7.81. The van der Waals surface area contributed by atoms with Crippen molar-refractivity contribution in [2.24, 2.45) is 0 Å². The SMILES string of the molecule is CC1(C)OCC(CC2(S(=O)O)CC2)O1. The van der Waals surface area contributed by atoms with Crippen LogP contribution in [0.1, 0.15) is 33.1 Å². The zero-order chi connectivity index (χ0) is 10.4. The summed E-state index contributed by atoms with van der Waals surface area (Å²) in [6, 6.07) is 0. The van der Waals surface area contributed by atoms with E-state index in [0.29, 0.717) is 13.0 Å². The Morgan fingerprint density at radius 1 is 1.50 bits per heavy atom. The highest BCUT2D eigenvalue weighted by Crippen LogP contribution is 2.46. The summed E-state index contributed by atoms with van der Waals surface area (Å²) < 4.78 is 30.8. The second-order valence-electron chi connectivity index (χ2n) is 4.59. The molecule has 1 aliphatic carbocycles. The van der Waals surface area contributed by atoms with Crippen LogP contribution in [-0.2, 0) is 20.6 Å². The Balaban J connectivity index is 1.91. The summed E-state index contributed by atoms with van der Waals surface area (Å²) in [6.45, 7) is 4.26. The van der Waals surface area contributed by atoms with E-state index in [1.807, 2.05) is 13.8 Å². The molecule has 82 valence electrons. The van der Waals surface area contributed by atoms with Crippen LogP contribution < -0.4 is 0 Å². The van der Waals surface area contributed by atoms with Crippen LogP contribution in [0.2, 0.25) is 0 Å². The second kappa shape index (κ2) is 3.27. The first kappa shape index (κ1) is 10.5. The molecule has 2 atom stereocenters. The van der Waals surface area contributed by atoms with Crippen molar-refractivity contribution < 1.29 is 18.2 Å². The summed E-state index contributed by atoms with van der Waals surface area (Å²) in [7, 11) is 0. The van der Waals surface area contributed by atoms with Crippen molar-refractivity contribution in [3.05, 3.63) is 0 Å². The van der Waals surface area contributed by atoms with Crippen molar-refractivity contribution in [1.82, 2.24) is 0 Å². The van der Waals surface area contributed by atoms with Gasteiger partial charge in [-0.25, -0.2) is 4.21 Å². The fourth-order valence-corrected chi connectivity index (χ4v) is 2.65. The van der Waals surface area contributed by atoms with Gasteiger partial charge in [0.2, 0.25) is 0 Å². The smallest absolute Gasteiger partial charge is 0.163 e. The van der Waals surface area contributed by atoms with Gasteiger partial charge in [0.05, 0.1) is 17.5 Å². The third-order valence-electron chi connectivity index (χ3n) is 2.85. The molecule has 1 N–H and O–H groups in total. The van der Waals surface area contributed by atoms with Crippen LogP contribution in [0.25, 0.3) is 0 Å². The van der Waals surface area contributed by atoms with Crippen molar-refractivity contribution in [3.8, 4) is 0 Å². The summed E-state index contributed by atoms with van der Waals surface area (Å²) >= 11 is -1.72. The average molecular weight is 220 g/mol. The predicted molar refractivity (Wildman–Crippen MR) is 52.3 cm³/mol. The zero-order valence-electron chi connectivity index (χ0n) is 8.49. The quantitative estimate of drug-likeness (QED) is 0.728. The van der Waals surface area contributed by atoms with E-state index in [0.717, 1.165) is 12.8 Å². The van der Waals surface area contributed by atoms with Crippen LogP contribution in [0.5, 0.6) is 0 Å². The van der Waals surface area contributed by atoms with Crippen LogP contribution in [-0.4, -0.2) is 32.0 Å². The molecule has 0 bridgehead atoms. The van der Waals surface area contributed by atoms with Gasteiger partial charge in [-0.1, -0.05) is 0 Å². The maximum absolute atomic E-state index is 11.0. The number of hydrogen-bond acceptors (Lipinski definition) is 3. The molecule has 5 heteroatoms. The Labute approximate surface area is 86.3 Å². The second-order valence-corrected chi connectivity index (χ2v) is 5.95. The lowest BCUT2D eigenvalue weighted by Crippen LogP contribution is -2.27. The summed E-state index contributed by atoms with van der Waals surface area (Å²) in [5.74, 6) is -0.530. The molecule has 2 aliphatic rings. The largest absolute Gasteiger partial charge is 0.348 e. The molecule has 1 aliphatic heterocycles. The van der Waals surface area contributed by atoms with Crippen LogP contribution in [0.4, 0.5) is 0 Å². The maximum Gasteiger partial charge on any atom is 0.163 e. The normalized spacial score (nSPS) is 35.5. The predicted octanol–water partition coefficient (Wildman–Crippen LogP) is 1.28. The molecule has 1 saturated carbocycles. The number of rotatable bonds is 3. The Kier molecular flexibility index (Phi) is 2.46. The van der Waals surface area contributed by atoms with Crippen LogP contribution in [0, 0.1) is 0 Å². The van der Waals surface area contributed by atoms with Crippen LogP contribution >= 0.6 is 0 Å². The van der Waals surface area contributed by atoms with Gasteiger partial charge in [0.15, 0.2) is 16.9 Å². The van der Waals surface area contributed by atoms with Gasteiger partial charge in [0.25, 0.3) is 0 Å². The van der Waals surface area contributed by atoms with E-state index in [4.69, 9.17) is 14.0 Å². The van der Waals surface area contributed by atoms with E-state index in [1.54, 1.807) is 0 Å². The molecule has 0 radical (unpaired) electrons. The minimum atomic E-state index is -1.72. The van der Waals surface area contributed by atoms with Gasteiger partial charge in [0, 0.05) is 0 Å². The lowest BCUT2D eigenvalue weighted by Gasteiger charge is -2.19. The Morgan fingerprint density at radius 3 is 2.50 bits per heavy atom. The third kappa shape index (κ3) is 2.00. The lowest BCUT2D eigenvalue weighted by atomic mass is 10.2. The fraction of sp³-hybridized carbons (Fsp3) is 1.00. The van der Waals surface area contributed by atoms with Gasteiger partial charge < -0.3 is 14.0 Å². The first-order valence-corrected chi connectivity index (χ1v) is 5.97. The van der Waals surface area contributed by atoms with Crippen LogP contribution in [0.15, 0.2) is 0 Å². The molecule has 0 aromatic heterocycles. The minimum absolute atomic E-state index is 0.0244. The van der Waals surface area contributed by atoms with E-state index in [1.165, 1.54) is 0 Å². The van der Waals surface area contributed by atoms with Gasteiger partial charge in [-0.15, -0.1) is 0 Å². The molecule has 0 spiro atoms. The molecule has 14 heavy (non-hydrogen) atoms. The van der Waals surface area contributed by atoms with Crippen molar-refractivity contribution >= 4 is 11.1 Å². The molecular formula is C9H16O4S. The molecule has 0 aromatic carbocycles. The molecule has 2 unspecified atom stereocenters. The third-order valence-corrected chi connectivity index (χ3v) is 4.16. The van der Waals surface area contributed by atoms with E-state index in [2.05, 4.69) is 0 Å². The van der Waals surface area contributed by atoms with E-state index < -0.39 is 21.6 Å². The minimum Gasteiger partial charge on any atom is -0.348 e. The number of hydrogen-bond donors (Lipinski definition) is 1. The molecular weight excluding hydrogens is 204 g/mol. The Hall–Kier alpha value is 0.0300. The molecule has 1 saturated heterocycles. The highest BCUT2D eigenvalue weighted by Gasteiger charge is 2.51. The van der Waals surface area contributed by atoms with Gasteiger partial charge in [-0.2, -0.15) is 0 Å². The van der Waals surface area contributed by atoms with Crippen molar-refractivity contribution in [2.45, 2.75) is 49.7 Å². The van der Waals surface area contributed by atoms with Gasteiger partial charge >= 0.3 is 0 Å². The monoisotopic (exact) mass is 220 g/mol. The summed E-state index contributed by atoms with van der Waals surface area (Å²) in [6.07, 6.45) is 2.27. The van der Waals surface area contributed by atoms with E-state index in [9.17, 15) is 4.21 Å². The standard InChI is InChI=1S/C9H16O4S/c1-8(2)12-6-7(13-8)5-9(3-4-9)14(10)11/h7H,3-6H2,1-2H3,(H,10,11). The average Bonchev–Trinajstić information content (AvgIpc) is 2.74. The van der Waals surface area contributed by atoms with E-state index >= 15 is 0 Å². The zero-order valence-corrected chi connectivity index (χ0v) is 9.30. The molecule has 2 rings (SSSR count). The summed E-state index contributed by atoms with van der Waals surface area (Å²) in [5.41, 5.74) is 0. The molecule has 1 heterocycles. The van der Waals surface area contributed by atoms with E-state index in [-0.39, 0.29) is 6.10 Å². The first-order chi connectivity index (χ1) is 6.44. The van der Waals surface area contributed by atoms with Crippen molar-refractivity contribution in [1.29, 1.82) is 0 Å². The lowest BCUT2D eigenvalue weighted by molar-refractivity contribution is -0.139. The fourth-order valence-electron chi connectivity index (χ4n) is 1.87. The summed E-state index contributed by atoms with van der Waals surface area (Å²) in [4.78, 5) is 0. The molecule has 0 amide bonds. The van der Waals surface area contributed by atoms with Crippen molar-refractivity contribution in [3.63, 3.8) is 0 Å². The topological polar surface area (TPSA) is 55.8 Å². The molecule has 0 aromatic rings. The van der Waals surface area contributed by atoms with Crippen LogP contribution in [0.3, 0.4) is 0 Å².